The predicted octanol–water partition coefficient (Wildman–Crippen LogP) is 3.03. The molecule has 0 saturated carbocycles. The summed E-state index contributed by atoms with van der Waals surface area (Å²) in [5.74, 6) is 2.74. The molecule has 3 rings (SSSR count). The van der Waals surface area contributed by atoms with Crippen LogP contribution in [0.5, 0.6) is 0 Å². The van der Waals surface area contributed by atoms with Crippen LogP contribution in [0.4, 0.5) is 4.39 Å². The van der Waals surface area contributed by atoms with Gasteiger partial charge in [-0.15, -0.1) is 24.0 Å². The molecule has 1 aromatic heterocycles. The number of halogens is 2. The van der Waals surface area contributed by atoms with Crippen molar-refractivity contribution in [2.45, 2.75) is 51.3 Å². The Morgan fingerprint density at radius 2 is 2.07 bits per heavy atom. The van der Waals surface area contributed by atoms with Gasteiger partial charge >= 0.3 is 0 Å². The molecule has 0 fully saturated rings. The Kier molecular flexibility index (Phi) is 8.81. The van der Waals surface area contributed by atoms with Crippen LogP contribution >= 0.6 is 24.0 Å². The van der Waals surface area contributed by atoms with Crippen LogP contribution in [0.25, 0.3) is 0 Å². The van der Waals surface area contributed by atoms with Crippen molar-refractivity contribution in [1.29, 1.82) is 0 Å². The van der Waals surface area contributed by atoms with Crippen LogP contribution in [0.3, 0.4) is 0 Å². The molecule has 2 heterocycles. The van der Waals surface area contributed by atoms with Crippen LogP contribution in [0.15, 0.2) is 29.3 Å². The number of rotatable bonds is 6. The minimum Gasteiger partial charge on any atom is -0.375 e. The first-order valence-corrected chi connectivity index (χ1v) is 9.69. The monoisotopic (exact) mass is 516 g/mol. The molecule has 2 aromatic rings. The lowest BCUT2D eigenvalue weighted by molar-refractivity contribution is 0.106. The van der Waals surface area contributed by atoms with E-state index in [4.69, 9.17) is 4.74 Å². The van der Waals surface area contributed by atoms with Gasteiger partial charge in [-0.1, -0.05) is 26.0 Å². The zero-order chi connectivity index (χ0) is 20.1. The van der Waals surface area contributed by atoms with E-state index in [-0.39, 0.29) is 41.9 Å². The molecule has 0 amide bonds. The molecule has 29 heavy (non-hydrogen) atoms. The fourth-order valence-electron chi connectivity index (χ4n) is 3.28. The van der Waals surface area contributed by atoms with Crippen LogP contribution in [0.1, 0.15) is 49.5 Å². The molecule has 2 atom stereocenters. The van der Waals surface area contributed by atoms with E-state index in [0.29, 0.717) is 18.4 Å². The first-order valence-electron chi connectivity index (χ1n) is 9.69. The maximum Gasteiger partial charge on any atom is 0.191 e. The average Bonchev–Trinajstić information content (AvgIpc) is 3.12. The summed E-state index contributed by atoms with van der Waals surface area (Å²) in [5, 5.41) is 11.4. The van der Waals surface area contributed by atoms with Crippen LogP contribution in [0, 0.1) is 5.82 Å². The molecular weight excluding hydrogens is 486 g/mol. The average molecular weight is 516 g/mol. The number of aryl methyl sites for hydroxylation is 1. The highest BCUT2D eigenvalue weighted by molar-refractivity contribution is 14.0. The number of fused-ring (bicyclic) bond motifs is 1. The van der Waals surface area contributed by atoms with Gasteiger partial charge in [0.15, 0.2) is 11.8 Å². The number of aliphatic imine (C=N–C) groups is 1. The molecule has 0 bridgehead atoms. The standard InChI is InChI=1S/C20H29FN6O.HI/c1-13(2)19-25-18-10-9-16(12-27(18)26-19)24-20(22-3)23-11-17(28-4)14-5-7-15(21)8-6-14;/h5-8,13,16-17H,9-12H2,1-4H3,(H2,22,23,24);1H. The highest BCUT2D eigenvalue weighted by Crippen LogP contribution is 2.18. The predicted molar refractivity (Wildman–Crippen MR) is 122 cm³/mol. The molecule has 160 valence electrons. The minimum atomic E-state index is -0.255. The molecular formula is C20H30FIN6O. The Morgan fingerprint density at radius 1 is 1.34 bits per heavy atom. The smallest absolute Gasteiger partial charge is 0.191 e. The lowest BCUT2D eigenvalue weighted by Crippen LogP contribution is -2.48. The molecule has 2 unspecified atom stereocenters. The van der Waals surface area contributed by atoms with Crippen molar-refractivity contribution in [3.8, 4) is 0 Å². The van der Waals surface area contributed by atoms with E-state index in [9.17, 15) is 4.39 Å². The molecule has 0 aliphatic carbocycles. The Hall–Kier alpha value is -1.75. The van der Waals surface area contributed by atoms with E-state index in [1.54, 1.807) is 26.3 Å². The van der Waals surface area contributed by atoms with Crippen molar-refractivity contribution in [3.05, 3.63) is 47.3 Å². The van der Waals surface area contributed by atoms with Gasteiger partial charge in [0.05, 0.1) is 12.6 Å². The van der Waals surface area contributed by atoms with E-state index >= 15 is 0 Å². The molecule has 0 spiro atoms. The van der Waals surface area contributed by atoms with E-state index in [1.807, 2.05) is 4.68 Å². The van der Waals surface area contributed by atoms with E-state index in [0.717, 1.165) is 36.6 Å². The second kappa shape index (κ2) is 10.9. The molecule has 9 heteroatoms. The van der Waals surface area contributed by atoms with Gasteiger partial charge in [-0.25, -0.2) is 14.1 Å². The summed E-state index contributed by atoms with van der Waals surface area (Å²) >= 11 is 0. The van der Waals surface area contributed by atoms with Gasteiger partial charge in [-0.3, -0.25) is 4.99 Å². The van der Waals surface area contributed by atoms with E-state index in [1.165, 1.54) is 12.1 Å². The van der Waals surface area contributed by atoms with Crippen LogP contribution in [-0.4, -0.2) is 47.5 Å². The normalized spacial score (nSPS) is 17.4. The maximum absolute atomic E-state index is 13.1. The summed E-state index contributed by atoms with van der Waals surface area (Å²) in [7, 11) is 3.39. The highest BCUT2D eigenvalue weighted by Gasteiger charge is 2.23. The maximum atomic E-state index is 13.1. The molecule has 7 nitrogen and oxygen atoms in total. The number of methoxy groups -OCH3 is 1. The molecule has 1 aliphatic heterocycles. The van der Waals surface area contributed by atoms with Crippen LogP contribution in [-0.2, 0) is 17.7 Å². The van der Waals surface area contributed by atoms with Gasteiger partial charge in [0.25, 0.3) is 0 Å². The Balaban J connectivity index is 0.00000300. The number of aromatic nitrogens is 3. The number of hydrogen-bond acceptors (Lipinski definition) is 4. The summed E-state index contributed by atoms with van der Waals surface area (Å²) in [6.07, 6.45) is 1.67. The molecule has 1 aromatic carbocycles. The third-order valence-corrected chi connectivity index (χ3v) is 4.94. The molecule has 0 saturated heterocycles. The Labute approximate surface area is 188 Å². The molecule has 2 N–H and O–H groups in total. The molecule has 0 radical (unpaired) electrons. The SMILES string of the molecule is CN=C(NCC(OC)c1ccc(F)cc1)NC1CCc2nc(C(C)C)nn2C1.I. The fraction of sp³-hybridized carbons (Fsp3) is 0.550. The van der Waals surface area contributed by atoms with Crippen LogP contribution in [0.2, 0.25) is 0 Å². The number of guanidine groups is 1. The lowest BCUT2D eigenvalue weighted by Gasteiger charge is -2.26. The van der Waals surface area contributed by atoms with Gasteiger partial charge in [0.2, 0.25) is 0 Å². The zero-order valence-electron chi connectivity index (χ0n) is 17.4. The number of nitrogens with zero attached hydrogens (tertiary/aromatic N) is 4. The van der Waals surface area contributed by atoms with Crippen molar-refractivity contribution in [2.24, 2.45) is 4.99 Å². The zero-order valence-corrected chi connectivity index (χ0v) is 19.7. The van der Waals surface area contributed by atoms with Crippen molar-refractivity contribution < 1.29 is 9.13 Å². The van der Waals surface area contributed by atoms with E-state index in [2.05, 4.69) is 39.6 Å². The Bertz CT molecular complexity index is 808. The van der Waals surface area contributed by atoms with Crippen molar-refractivity contribution in [3.63, 3.8) is 0 Å². The number of hydrogen-bond donors (Lipinski definition) is 2. The van der Waals surface area contributed by atoms with Crippen LogP contribution < -0.4 is 10.6 Å². The fourth-order valence-corrected chi connectivity index (χ4v) is 3.28. The highest BCUT2D eigenvalue weighted by atomic mass is 127. The Morgan fingerprint density at radius 3 is 2.69 bits per heavy atom. The van der Waals surface area contributed by atoms with Gasteiger partial charge in [0.1, 0.15) is 11.6 Å². The van der Waals surface area contributed by atoms with Crippen molar-refractivity contribution in [1.82, 2.24) is 25.4 Å². The van der Waals surface area contributed by atoms with Gasteiger partial charge in [-0.2, -0.15) is 5.10 Å². The first-order chi connectivity index (χ1) is 13.5. The first kappa shape index (κ1) is 23.5. The summed E-state index contributed by atoms with van der Waals surface area (Å²) < 4.78 is 20.7. The van der Waals surface area contributed by atoms with Crippen molar-refractivity contribution in [2.75, 3.05) is 20.7 Å². The van der Waals surface area contributed by atoms with Gasteiger partial charge < -0.3 is 15.4 Å². The lowest BCUT2D eigenvalue weighted by atomic mass is 10.1. The summed E-state index contributed by atoms with van der Waals surface area (Å²) in [6.45, 7) is 5.51. The second-order valence-electron chi connectivity index (χ2n) is 7.33. The summed E-state index contributed by atoms with van der Waals surface area (Å²) in [5.41, 5.74) is 0.915. The summed E-state index contributed by atoms with van der Waals surface area (Å²) in [6, 6.07) is 6.59. The molecule has 1 aliphatic rings. The topological polar surface area (TPSA) is 76.4 Å². The van der Waals surface area contributed by atoms with E-state index < -0.39 is 0 Å². The third-order valence-electron chi connectivity index (χ3n) is 4.94. The second-order valence-corrected chi connectivity index (χ2v) is 7.33. The quantitative estimate of drug-likeness (QED) is 0.351. The number of benzene rings is 1. The third kappa shape index (κ3) is 6.11. The minimum absolute atomic E-state index is 0. The number of nitrogens with one attached hydrogen (secondary N) is 2. The van der Waals surface area contributed by atoms with Gasteiger partial charge in [-0.05, 0) is 24.1 Å². The van der Waals surface area contributed by atoms with Crippen molar-refractivity contribution >= 4 is 29.9 Å². The number of ether oxygens (including phenoxy) is 1. The summed E-state index contributed by atoms with van der Waals surface area (Å²) in [4.78, 5) is 8.95. The van der Waals surface area contributed by atoms with Gasteiger partial charge in [0, 0.05) is 39.1 Å². The largest absolute Gasteiger partial charge is 0.375 e.